The van der Waals surface area contributed by atoms with Gasteiger partial charge in [0.1, 0.15) is 36.0 Å². The molecular weight excluding hydrogens is 1000 g/mol. The maximum absolute atomic E-state index is 14.2. The summed E-state index contributed by atoms with van der Waals surface area (Å²) in [5.74, 6) is -1.43. The number of carbonyl (C=O) groups excluding carboxylic acids is 3. The standard InChI is InChI=1S/C64H76N4O11/c1-37(2)28-29-40-33-41(49(69)35-44-55(72)43-30-31-50(38(3)57(43)77-59(44)74)76-60-56(73)58(78-61(65)75)39(4)64(9,10)79-60)34-42(54(40)71)36-66(11)53(70)27-14-13-19-32-68-48-24-18-16-22-46(48)63(7,8)52(68)26-20-25-51-62(5,6)45-21-15-17-23-47(45)67(51)12/h15-18,20-26,28,30-31,33-34,39,56,58,60,73H,13-14,19,27,29,32,35-36H2,1-12H3,(H3-,65,69,71,72,74,75)/p+1/t39-,56-,58-,60-/m1/s1. The van der Waals surface area contributed by atoms with Crippen LogP contribution in [0.2, 0.25) is 0 Å². The number of benzene rings is 4. The number of unbranched alkanes of at least 4 members (excludes halogenated alkanes) is 2. The van der Waals surface area contributed by atoms with Gasteiger partial charge in [-0.05, 0) is 115 Å². The summed E-state index contributed by atoms with van der Waals surface area (Å²) < 4.78 is 25.4. The average Bonchev–Trinajstić information content (AvgIpc) is 3.88. The van der Waals surface area contributed by atoms with E-state index in [2.05, 4.69) is 111 Å². The van der Waals surface area contributed by atoms with Gasteiger partial charge in [-0.15, -0.1) is 0 Å². The van der Waals surface area contributed by atoms with E-state index in [0.717, 1.165) is 25.0 Å². The topological polar surface area (TPSA) is 205 Å². The highest BCUT2D eigenvalue weighted by molar-refractivity contribution is 6.03. The van der Waals surface area contributed by atoms with E-state index in [4.69, 9.17) is 24.4 Å². The third-order valence-electron chi connectivity index (χ3n) is 16.5. The highest BCUT2D eigenvalue weighted by Gasteiger charge is 2.51. The van der Waals surface area contributed by atoms with Gasteiger partial charge in [-0.2, -0.15) is 4.58 Å². The number of ether oxygens (including phenoxy) is 3. The van der Waals surface area contributed by atoms with Crippen molar-refractivity contribution in [1.82, 2.24) is 4.90 Å². The van der Waals surface area contributed by atoms with Crippen LogP contribution < -0.4 is 21.0 Å². The summed E-state index contributed by atoms with van der Waals surface area (Å²) in [6.07, 6.45) is 6.16. The van der Waals surface area contributed by atoms with Crippen LogP contribution in [0.1, 0.15) is 132 Å². The molecule has 1 fully saturated rings. The monoisotopic (exact) mass is 1080 g/mol. The molecule has 79 heavy (non-hydrogen) atoms. The summed E-state index contributed by atoms with van der Waals surface area (Å²) in [5.41, 5.74) is 12.6. The Morgan fingerprint density at radius 3 is 2.28 bits per heavy atom. The van der Waals surface area contributed by atoms with Gasteiger partial charge in [-0.25, -0.2) is 9.59 Å². The normalized spacial score (nSPS) is 20.4. The first-order valence-corrected chi connectivity index (χ1v) is 27.2. The van der Waals surface area contributed by atoms with E-state index in [9.17, 15) is 34.5 Å². The predicted molar refractivity (Wildman–Crippen MR) is 307 cm³/mol. The van der Waals surface area contributed by atoms with Gasteiger partial charge in [-0.1, -0.05) is 81.3 Å². The number of fused-ring (bicyclic) bond motifs is 3. The number of hydrogen-bond donors (Lipinski definition) is 4. The summed E-state index contributed by atoms with van der Waals surface area (Å²) >= 11 is 0. The summed E-state index contributed by atoms with van der Waals surface area (Å²) in [6.45, 7) is 20.6. The highest BCUT2D eigenvalue weighted by atomic mass is 16.7. The lowest BCUT2D eigenvalue weighted by atomic mass is 9.81. The van der Waals surface area contributed by atoms with E-state index < -0.39 is 59.7 Å². The minimum atomic E-state index is -1.43. The first-order chi connectivity index (χ1) is 37.2. The Bertz CT molecular complexity index is 3390. The summed E-state index contributed by atoms with van der Waals surface area (Å²) in [6, 6.07) is 23.2. The number of nitrogens with two attached hydrogens (primary N) is 1. The van der Waals surface area contributed by atoms with Gasteiger partial charge in [0.25, 0.3) is 0 Å². The number of phenols is 1. The zero-order chi connectivity index (χ0) is 57.5. The minimum Gasteiger partial charge on any atom is -0.507 e. The Morgan fingerprint density at radius 1 is 0.899 bits per heavy atom. The zero-order valence-electron chi connectivity index (χ0n) is 47.7. The molecule has 0 bridgehead atoms. The molecule has 4 atom stereocenters. The molecule has 1 saturated heterocycles. The number of aliphatic hydroxyl groups excluding tert-OH is 1. The van der Waals surface area contributed by atoms with Crippen LogP contribution in [-0.4, -0.2) is 93.0 Å². The van der Waals surface area contributed by atoms with E-state index in [1.165, 1.54) is 52.1 Å². The van der Waals surface area contributed by atoms with Crippen molar-refractivity contribution in [3.63, 3.8) is 0 Å². The van der Waals surface area contributed by atoms with Crippen LogP contribution in [0, 0.1) is 12.8 Å². The number of aliphatic hydroxyl groups is 1. The van der Waals surface area contributed by atoms with E-state index in [1.54, 1.807) is 45.7 Å². The predicted octanol–water partition coefficient (Wildman–Crippen LogP) is 10.9. The maximum Gasteiger partial charge on any atom is 0.404 e. The van der Waals surface area contributed by atoms with Gasteiger partial charge in [0.2, 0.25) is 17.9 Å². The van der Waals surface area contributed by atoms with Gasteiger partial charge in [0.05, 0.1) is 22.0 Å². The lowest BCUT2D eigenvalue weighted by Crippen LogP contribution is -2.61. The van der Waals surface area contributed by atoms with Crippen LogP contribution in [0.4, 0.5) is 16.2 Å². The van der Waals surface area contributed by atoms with Crippen LogP contribution in [0.5, 0.6) is 17.2 Å². The van der Waals surface area contributed by atoms with Gasteiger partial charge >= 0.3 is 11.7 Å². The fourth-order valence-corrected chi connectivity index (χ4v) is 11.5. The van der Waals surface area contributed by atoms with Gasteiger partial charge < -0.3 is 49.5 Å². The summed E-state index contributed by atoms with van der Waals surface area (Å²) in [5, 5.41) is 34.4. The first kappa shape index (κ1) is 57.7. The van der Waals surface area contributed by atoms with Crippen LogP contribution >= 0.6 is 0 Å². The number of Topliss-reactive ketones (excluding diaryl/α,β-unsaturated/α-hetero) is 1. The van der Waals surface area contributed by atoms with E-state index in [1.807, 2.05) is 19.9 Å². The Kier molecular flexibility index (Phi) is 16.6. The molecule has 1 aromatic heterocycles. The van der Waals surface area contributed by atoms with Crippen molar-refractivity contribution >= 4 is 45.8 Å². The smallest absolute Gasteiger partial charge is 0.404 e. The molecule has 15 nitrogen and oxygen atoms in total. The Balaban J connectivity index is 0.931. The molecule has 0 radical (unpaired) electrons. The van der Waals surface area contributed by atoms with Crippen molar-refractivity contribution in [3.8, 4) is 17.2 Å². The fourth-order valence-electron chi connectivity index (χ4n) is 11.5. The van der Waals surface area contributed by atoms with E-state index >= 15 is 0 Å². The quantitative estimate of drug-likeness (QED) is 0.0213. The third-order valence-corrected chi connectivity index (χ3v) is 16.5. The largest absolute Gasteiger partial charge is 0.507 e. The zero-order valence-corrected chi connectivity index (χ0v) is 47.7. The number of para-hydroxylation sites is 2. The van der Waals surface area contributed by atoms with Crippen LogP contribution in [-0.2, 0) is 44.5 Å². The number of ketones is 1. The number of phenolic OH excluding ortho intramolecular Hbond substituents is 1. The molecule has 2 amide bonds. The SMILES string of the molecule is CC(C)=CCc1cc(C(=O)Cc2c(O)c3ccc(O[C@@H]4OC(C)(C)[C@H](C)[C@@H](OC(N)=O)[C@H]4O)c(C)c3oc2=O)cc(CN(C)C(=O)CCCCCN2C(=CC=CC3=[N+](C)c4ccccc4C3(C)C)C(C)(C)c3ccccc32)c1O. The lowest BCUT2D eigenvalue weighted by molar-refractivity contribution is -0.401. The summed E-state index contributed by atoms with van der Waals surface area (Å²) in [4.78, 5) is 57.3. The molecule has 4 aromatic carbocycles. The van der Waals surface area contributed by atoms with Crippen molar-refractivity contribution in [3.05, 3.63) is 158 Å². The molecular formula is C64H77N4O11+. The minimum absolute atomic E-state index is 0.0162. The molecule has 3 aliphatic rings. The highest BCUT2D eigenvalue weighted by Crippen LogP contribution is 2.48. The lowest BCUT2D eigenvalue weighted by Gasteiger charge is -2.47. The average molecular weight is 1080 g/mol. The third kappa shape index (κ3) is 11.5. The van der Waals surface area contributed by atoms with Crippen LogP contribution in [0.25, 0.3) is 11.0 Å². The number of allylic oxidation sites excluding steroid dienone is 6. The molecule has 0 spiro atoms. The molecule has 0 saturated carbocycles. The van der Waals surface area contributed by atoms with Gasteiger partial charge in [0, 0.05) is 90.1 Å². The van der Waals surface area contributed by atoms with E-state index in [0.29, 0.717) is 36.0 Å². The van der Waals surface area contributed by atoms with Crippen molar-refractivity contribution in [2.24, 2.45) is 11.7 Å². The molecule has 4 heterocycles. The van der Waals surface area contributed by atoms with Gasteiger partial charge in [-0.3, -0.25) is 9.59 Å². The molecule has 15 heteroatoms. The summed E-state index contributed by atoms with van der Waals surface area (Å²) in [7, 11) is 3.81. The number of rotatable bonds is 18. The van der Waals surface area contributed by atoms with E-state index in [-0.39, 0.29) is 56.9 Å². The first-order valence-electron chi connectivity index (χ1n) is 27.2. The number of carbonyl (C=O) groups is 3. The Labute approximate surface area is 463 Å². The molecule has 5 N–H and O–H groups in total. The molecule has 8 rings (SSSR count). The van der Waals surface area contributed by atoms with Crippen molar-refractivity contribution in [2.45, 2.75) is 149 Å². The molecule has 3 aliphatic heterocycles. The van der Waals surface area contributed by atoms with Crippen LogP contribution in [0.3, 0.4) is 0 Å². The maximum atomic E-state index is 14.2. The second kappa shape index (κ2) is 22.7. The van der Waals surface area contributed by atoms with Gasteiger partial charge in [0.15, 0.2) is 17.6 Å². The van der Waals surface area contributed by atoms with Crippen molar-refractivity contribution < 1.29 is 52.9 Å². The number of nitrogens with zero attached hydrogens (tertiary/aromatic N) is 3. The van der Waals surface area contributed by atoms with Crippen molar-refractivity contribution in [1.29, 1.82) is 0 Å². The second-order valence-electron chi connectivity index (χ2n) is 23.3. The Morgan fingerprint density at radius 2 is 1.58 bits per heavy atom. The Hall–Kier alpha value is -7.49. The molecule has 0 aliphatic carbocycles. The second-order valence-corrected chi connectivity index (χ2v) is 23.3. The number of hydrogen-bond acceptors (Lipinski definition) is 12. The fraction of sp³-hybridized carbons (Fsp3) is 0.422. The molecule has 5 aromatic rings. The number of aryl methyl sites for hydroxylation is 1. The number of anilines is 1. The van der Waals surface area contributed by atoms with Crippen molar-refractivity contribution in [2.75, 3.05) is 25.5 Å². The molecule has 418 valence electrons. The number of aromatic hydroxyl groups is 2. The number of amides is 2. The van der Waals surface area contributed by atoms with Crippen LogP contribution in [0.15, 0.2) is 118 Å². The number of primary amides is 1. The molecule has 0 unspecified atom stereocenters.